The van der Waals surface area contributed by atoms with Crippen LogP contribution in [0, 0.1) is 0 Å². The molecule has 4 rings (SSSR count). The second kappa shape index (κ2) is 6.34. The summed E-state index contributed by atoms with van der Waals surface area (Å²) in [5.41, 5.74) is -2.03. The Hall–Kier alpha value is -3.94. The number of hydrogen-bond acceptors (Lipinski definition) is 8. The first kappa shape index (κ1) is 17.5. The van der Waals surface area contributed by atoms with E-state index in [9.17, 15) is 19.2 Å². The Kier molecular flexibility index (Phi) is 3.96. The molecule has 0 aliphatic rings. The van der Waals surface area contributed by atoms with Gasteiger partial charge in [-0.3, -0.25) is 0 Å². The minimum atomic E-state index is -0.837. The van der Waals surface area contributed by atoms with E-state index in [1.54, 1.807) is 24.3 Å². The van der Waals surface area contributed by atoms with Crippen LogP contribution in [0.1, 0.15) is 20.7 Å². The Morgan fingerprint density at radius 2 is 1.14 bits per heavy atom. The highest BCUT2D eigenvalue weighted by molar-refractivity contribution is 6.28. The number of rotatable bonds is 2. The molecule has 0 aliphatic heterocycles. The van der Waals surface area contributed by atoms with Gasteiger partial charge in [0.2, 0.25) is 0 Å². The van der Waals surface area contributed by atoms with E-state index >= 15 is 0 Å². The molecule has 0 bridgehead atoms. The molecule has 0 fully saturated rings. The molecule has 0 aliphatic carbocycles. The van der Waals surface area contributed by atoms with Crippen LogP contribution in [0.4, 0.5) is 0 Å². The molecule has 2 heterocycles. The van der Waals surface area contributed by atoms with Crippen molar-refractivity contribution in [3.05, 3.63) is 68.4 Å². The first-order chi connectivity index (χ1) is 13.5. The smallest absolute Gasteiger partial charge is 0.338 e. The molecule has 2 aromatic carbocycles. The van der Waals surface area contributed by atoms with Crippen LogP contribution in [-0.4, -0.2) is 26.2 Å². The van der Waals surface area contributed by atoms with E-state index in [1.165, 1.54) is 14.2 Å². The highest BCUT2D eigenvalue weighted by Gasteiger charge is 2.24. The van der Waals surface area contributed by atoms with Gasteiger partial charge in [0, 0.05) is 22.9 Å². The average Bonchev–Trinajstić information content (AvgIpc) is 2.71. The van der Waals surface area contributed by atoms with Crippen molar-refractivity contribution in [2.24, 2.45) is 0 Å². The van der Waals surface area contributed by atoms with Gasteiger partial charge in [-0.1, -0.05) is 24.3 Å². The second-order valence-corrected chi connectivity index (χ2v) is 5.90. The van der Waals surface area contributed by atoms with Gasteiger partial charge in [0.25, 0.3) is 0 Å². The van der Waals surface area contributed by atoms with Crippen molar-refractivity contribution in [1.29, 1.82) is 0 Å². The minimum absolute atomic E-state index is 0.0435. The maximum absolute atomic E-state index is 12.3. The van der Waals surface area contributed by atoms with Gasteiger partial charge < -0.3 is 18.3 Å². The fourth-order valence-corrected chi connectivity index (χ4v) is 3.30. The highest BCUT2D eigenvalue weighted by Crippen LogP contribution is 2.37. The molecule has 0 saturated carbocycles. The van der Waals surface area contributed by atoms with Crippen molar-refractivity contribution in [2.45, 2.75) is 0 Å². The first-order valence-corrected chi connectivity index (χ1v) is 8.09. The molecule has 8 nitrogen and oxygen atoms in total. The maximum Gasteiger partial charge on any atom is 0.338 e. The molecule has 4 aromatic rings. The topological polar surface area (TPSA) is 113 Å². The third-order valence-electron chi connectivity index (χ3n) is 4.41. The maximum atomic E-state index is 12.3. The number of fused-ring (bicyclic) bond motifs is 6. The second-order valence-electron chi connectivity index (χ2n) is 5.90. The number of esters is 2. The third kappa shape index (κ3) is 2.46. The van der Waals surface area contributed by atoms with Gasteiger partial charge in [-0.2, -0.15) is 0 Å². The summed E-state index contributed by atoms with van der Waals surface area (Å²) in [6.45, 7) is 0. The van der Waals surface area contributed by atoms with Crippen molar-refractivity contribution < 1.29 is 27.9 Å². The number of hydrogen-bond donors (Lipinski definition) is 0. The van der Waals surface area contributed by atoms with Gasteiger partial charge in [-0.15, -0.1) is 0 Å². The molecule has 0 atom stereocenters. The summed E-state index contributed by atoms with van der Waals surface area (Å²) < 4.78 is 20.1. The molecule has 0 N–H and O–H groups in total. The lowest BCUT2D eigenvalue weighted by molar-refractivity contribution is 0.0593. The van der Waals surface area contributed by atoms with Crippen molar-refractivity contribution in [2.75, 3.05) is 14.2 Å². The summed E-state index contributed by atoms with van der Waals surface area (Å²) in [5, 5.41) is 1.49. The van der Waals surface area contributed by atoms with E-state index < -0.39 is 23.2 Å². The van der Waals surface area contributed by atoms with Crippen molar-refractivity contribution in [3.8, 4) is 0 Å². The number of methoxy groups -OCH3 is 2. The highest BCUT2D eigenvalue weighted by atomic mass is 16.5. The predicted octanol–water partition coefficient (Wildman–Crippen LogP) is 2.63. The Morgan fingerprint density at radius 3 is 1.50 bits per heavy atom. The Morgan fingerprint density at radius 1 is 0.750 bits per heavy atom. The van der Waals surface area contributed by atoms with Crippen molar-refractivity contribution in [1.82, 2.24) is 0 Å². The molecule has 2 aromatic heterocycles. The molecule has 28 heavy (non-hydrogen) atoms. The molecular weight excluding hydrogens is 368 g/mol. The van der Waals surface area contributed by atoms with Crippen LogP contribution in [0.15, 0.2) is 54.8 Å². The summed E-state index contributed by atoms with van der Waals surface area (Å²) in [6, 6.07) is 8.84. The number of carbonyl (C=O) groups is 2. The van der Waals surface area contributed by atoms with Gasteiger partial charge in [-0.25, -0.2) is 19.2 Å². The van der Waals surface area contributed by atoms with Gasteiger partial charge in [0.1, 0.15) is 0 Å². The van der Waals surface area contributed by atoms with Crippen molar-refractivity contribution >= 4 is 44.6 Å². The Balaban J connectivity index is 2.42. The normalized spacial score (nSPS) is 11.1. The summed E-state index contributed by atoms with van der Waals surface area (Å²) >= 11 is 0. The van der Waals surface area contributed by atoms with Gasteiger partial charge >= 0.3 is 23.2 Å². The summed E-state index contributed by atoms with van der Waals surface area (Å²) in [7, 11) is 2.36. The van der Waals surface area contributed by atoms with E-state index in [-0.39, 0.29) is 33.1 Å². The van der Waals surface area contributed by atoms with E-state index in [4.69, 9.17) is 18.3 Å². The van der Waals surface area contributed by atoms with Crippen LogP contribution >= 0.6 is 0 Å². The van der Waals surface area contributed by atoms with Gasteiger partial charge in [0.05, 0.1) is 25.3 Å². The molecule has 140 valence electrons. The quantitative estimate of drug-likeness (QED) is 0.296. The molecule has 0 spiro atoms. The van der Waals surface area contributed by atoms with Gasteiger partial charge in [-0.05, 0) is 10.8 Å². The molecular formula is C20H12O8. The fourth-order valence-electron chi connectivity index (χ4n) is 3.30. The largest absolute Gasteiger partial charge is 0.465 e. The standard InChI is InChI=1S/C20H12O8/c1-25-19(23)11-7-13(21)27-17-15(11)9-5-3-4-6-10(9)16-12(20(24)26-2)8-14(22)28-18(16)17/h3-8H,1-2H3. The van der Waals surface area contributed by atoms with Crippen LogP contribution in [0.3, 0.4) is 0 Å². The lowest BCUT2D eigenvalue weighted by atomic mass is 9.96. The number of ether oxygens (including phenoxy) is 2. The fraction of sp³-hybridized carbons (Fsp3) is 0.100. The zero-order valence-corrected chi connectivity index (χ0v) is 14.7. The monoisotopic (exact) mass is 380 g/mol. The van der Waals surface area contributed by atoms with Crippen LogP contribution in [-0.2, 0) is 9.47 Å². The summed E-state index contributed by atoms with van der Waals surface area (Å²) in [5.74, 6) is -1.51. The molecule has 0 amide bonds. The lowest BCUT2D eigenvalue weighted by Crippen LogP contribution is -2.11. The Labute approximate surface area is 155 Å². The van der Waals surface area contributed by atoms with E-state index in [2.05, 4.69) is 0 Å². The third-order valence-corrected chi connectivity index (χ3v) is 4.41. The predicted molar refractivity (Wildman–Crippen MR) is 98.7 cm³/mol. The molecule has 0 saturated heterocycles. The van der Waals surface area contributed by atoms with E-state index in [1.807, 2.05) is 0 Å². The van der Waals surface area contributed by atoms with Crippen LogP contribution in [0.25, 0.3) is 32.7 Å². The van der Waals surface area contributed by atoms with Crippen LogP contribution in [0.5, 0.6) is 0 Å². The lowest BCUT2D eigenvalue weighted by Gasteiger charge is -2.12. The zero-order chi connectivity index (χ0) is 20.0. The molecule has 0 unspecified atom stereocenters. The molecule has 8 heteroatoms. The SMILES string of the molecule is COC(=O)c1cc(=O)oc2c3oc(=O)cc(C(=O)OC)c3c3ccccc3c12. The summed E-state index contributed by atoms with van der Waals surface area (Å²) in [6.07, 6.45) is 0. The van der Waals surface area contributed by atoms with Crippen LogP contribution < -0.4 is 11.3 Å². The number of carbonyl (C=O) groups excluding carboxylic acids is 2. The molecule has 0 radical (unpaired) electrons. The zero-order valence-electron chi connectivity index (χ0n) is 14.7. The van der Waals surface area contributed by atoms with E-state index in [0.29, 0.717) is 10.8 Å². The van der Waals surface area contributed by atoms with Crippen molar-refractivity contribution in [3.63, 3.8) is 0 Å². The average molecular weight is 380 g/mol. The first-order valence-electron chi connectivity index (χ1n) is 8.09. The van der Waals surface area contributed by atoms with Gasteiger partial charge in [0.15, 0.2) is 11.2 Å². The minimum Gasteiger partial charge on any atom is -0.465 e. The Bertz CT molecular complexity index is 1300. The van der Waals surface area contributed by atoms with Crippen LogP contribution in [0.2, 0.25) is 0 Å². The number of benzene rings is 2. The van der Waals surface area contributed by atoms with E-state index in [0.717, 1.165) is 12.1 Å². The summed E-state index contributed by atoms with van der Waals surface area (Å²) in [4.78, 5) is 48.7.